The Morgan fingerprint density at radius 1 is 1.00 bits per heavy atom. The lowest BCUT2D eigenvalue weighted by molar-refractivity contribution is -0.281. The zero-order valence-corrected chi connectivity index (χ0v) is 29.6. The molecule has 1 aromatic rings. The van der Waals surface area contributed by atoms with E-state index in [0.29, 0.717) is 51.9 Å². The average Bonchev–Trinajstić information content (AvgIpc) is 3.15. The predicted octanol–water partition coefficient (Wildman–Crippen LogP) is 8.36. The van der Waals surface area contributed by atoms with Crippen molar-refractivity contribution in [3.8, 4) is 5.75 Å². The van der Waals surface area contributed by atoms with E-state index < -0.39 is 23.4 Å². The number of Topliss-reactive ketones (excluding diaryl/α,β-unsaturated/α-hetero) is 2. The van der Waals surface area contributed by atoms with Crippen molar-refractivity contribution in [2.75, 3.05) is 27.4 Å². The molecule has 2 bridgehead atoms. The van der Waals surface area contributed by atoms with E-state index in [4.69, 9.17) is 23.7 Å². The standard InChI is InChI=1S/C40H58O7/c1-7-9-11-12-13-15-16-30-24-33-38(45-26-29-18-20-31(43-5)21-19-29)37(32(30)25-36(44-6)34(41)17-14-10-8-2)35(42)22-23-40(33)27-46-39(3,4)47-28-40/h7-10,18-21,24,30,32,36-38H,11-17,22-23,25-28H2,1-6H3/b9-7+,10-8+/t30-,32+,36-,37?,38?/m0/s1. The molecule has 3 aliphatic rings. The zero-order valence-electron chi connectivity index (χ0n) is 29.6. The van der Waals surface area contributed by atoms with Crippen LogP contribution in [0.15, 0.2) is 60.2 Å². The number of fused-ring (bicyclic) bond motifs is 3. The molecule has 4 rings (SSSR count). The molecule has 0 aromatic heterocycles. The van der Waals surface area contributed by atoms with Gasteiger partial charge in [0, 0.05) is 25.4 Å². The van der Waals surface area contributed by atoms with Gasteiger partial charge in [-0.1, -0.05) is 55.4 Å². The van der Waals surface area contributed by atoms with E-state index >= 15 is 0 Å². The minimum absolute atomic E-state index is 0.0738. The summed E-state index contributed by atoms with van der Waals surface area (Å²) in [5, 5.41) is 0. The van der Waals surface area contributed by atoms with Gasteiger partial charge in [-0.2, -0.15) is 0 Å². The minimum atomic E-state index is -0.677. The van der Waals surface area contributed by atoms with Gasteiger partial charge in [0.05, 0.1) is 39.0 Å². The summed E-state index contributed by atoms with van der Waals surface area (Å²) in [5.74, 6) is 0.0729. The smallest absolute Gasteiger partial charge is 0.162 e. The van der Waals surface area contributed by atoms with Crippen LogP contribution in [-0.4, -0.2) is 57.0 Å². The number of hydrogen-bond donors (Lipinski definition) is 0. The maximum absolute atomic E-state index is 14.4. The van der Waals surface area contributed by atoms with Crippen LogP contribution in [0.1, 0.15) is 97.5 Å². The summed E-state index contributed by atoms with van der Waals surface area (Å²) in [6.45, 7) is 9.25. The third-order valence-corrected chi connectivity index (χ3v) is 10.4. The number of allylic oxidation sites excluding steroid dienone is 5. The zero-order chi connectivity index (χ0) is 33.9. The predicted molar refractivity (Wildman–Crippen MR) is 185 cm³/mol. The number of methoxy groups -OCH3 is 2. The Hall–Kier alpha value is -2.58. The molecule has 0 amide bonds. The maximum Gasteiger partial charge on any atom is 0.162 e. The number of ketones is 2. The van der Waals surface area contributed by atoms with E-state index in [0.717, 1.165) is 49.0 Å². The van der Waals surface area contributed by atoms with Crippen molar-refractivity contribution in [3.63, 3.8) is 0 Å². The molecule has 1 aromatic carbocycles. The molecular weight excluding hydrogens is 592 g/mol. The quantitative estimate of drug-likeness (QED) is 0.124. The SMILES string of the molecule is C/C=C/CCCCC[C@H]1C=C2C(OCc3ccc(OC)cc3)C(C(=O)CCC23COC(C)(C)OC3)[C@@H]1C[C@H](OC)C(=O)CC/C=C/C. The third-order valence-electron chi connectivity index (χ3n) is 10.4. The van der Waals surface area contributed by atoms with E-state index in [2.05, 4.69) is 25.2 Å². The summed E-state index contributed by atoms with van der Waals surface area (Å²) in [6.07, 6.45) is 17.8. The van der Waals surface area contributed by atoms with Gasteiger partial charge in [0.1, 0.15) is 17.6 Å². The lowest BCUT2D eigenvalue weighted by atomic mass is 9.63. The Balaban J connectivity index is 1.71. The Morgan fingerprint density at radius 2 is 1.70 bits per heavy atom. The van der Waals surface area contributed by atoms with Gasteiger partial charge >= 0.3 is 0 Å². The Labute approximate surface area is 283 Å². The number of unbranched alkanes of at least 4 members (excludes halogenated alkanes) is 3. The highest BCUT2D eigenvalue weighted by Crippen LogP contribution is 2.53. The fraction of sp³-hybridized carbons (Fsp3) is 0.650. The highest BCUT2D eigenvalue weighted by atomic mass is 16.7. The molecule has 0 radical (unpaired) electrons. The molecule has 0 N–H and O–H groups in total. The van der Waals surface area contributed by atoms with Gasteiger partial charge in [0.15, 0.2) is 11.6 Å². The van der Waals surface area contributed by atoms with Crippen molar-refractivity contribution >= 4 is 11.6 Å². The van der Waals surface area contributed by atoms with Gasteiger partial charge in [-0.15, -0.1) is 0 Å². The van der Waals surface area contributed by atoms with Crippen molar-refractivity contribution in [2.45, 2.75) is 117 Å². The number of rotatable bonds is 17. The summed E-state index contributed by atoms with van der Waals surface area (Å²) in [7, 11) is 3.28. The molecule has 2 unspecified atom stereocenters. The van der Waals surface area contributed by atoms with Crippen molar-refractivity contribution in [1.29, 1.82) is 0 Å². The van der Waals surface area contributed by atoms with Crippen LogP contribution in [0.3, 0.4) is 0 Å². The molecule has 5 atom stereocenters. The van der Waals surface area contributed by atoms with Crippen LogP contribution in [0.5, 0.6) is 5.75 Å². The van der Waals surface area contributed by atoms with E-state index in [1.165, 1.54) is 0 Å². The van der Waals surface area contributed by atoms with Crippen LogP contribution in [0.4, 0.5) is 0 Å². The summed E-state index contributed by atoms with van der Waals surface area (Å²) >= 11 is 0. The van der Waals surface area contributed by atoms with Crippen molar-refractivity contribution in [1.82, 2.24) is 0 Å². The normalized spacial score (nSPS) is 26.0. The second-order valence-electron chi connectivity index (χ2n) is 14.0. The highest BCUT2D eigenvalue weighted by Gasteiger charge is 2.55. The number of ether oxygens (including phenoxy) is 5. The summed E-state index contributed by atoms with van der Waals surface area (Å²) in [6, 6.07) is 7.87. The van der Waals surface area contributed by atoms with Crippen LogP contribution < -0.4 is 4.74 Å². The van der Waals surface area contributed by atoms with E-state index in [1.807, 2.05) is 57.2 Å². The fourth-order valence-electron chi connectivity index (χ4n) is 7.58. The number of carbonyl (C=O) groups excluding carboxylic acids is 2. The van der Waals surface area contributed by atoms with Gasteiger partial charge in [0.25, 0.3) is 0 Å². The largest absolute Gasteiger partial charge is 0.497 e. The maximum atomic E-state index is 14.4. The van der Waals surface area contributed by atoms with Crippen LogP contribution in [0.25, 0.3) is 0 Å². The Morgan fingerprint density at radius 3 is 2.36 bits per heavy atom. The summed E-state index contributed by atoms with van der Waals surface area (Å²) in [4.78, 5) is 27.8. The molecule has 1 aliphatic heterocycles. The number of benzene rings is 1. The highest BCUT2D eigenvalue weighted by molar-refractivity contribution is 5.85. The second-order valence-corrected chi connectivity index (χ2v) is 14.0. The van der Waals surface area contributed by atoms with Crippen molar-refractivity contribution in [3.05, 3.63) is 65.8 Å². The Kier molecular flexibility index (Phi) is 14.0. The first-order chi connectivity index (χ1) is 22.7. The lowest BCUT2D eigenvalue weighted by Crippen LogP contribution is -2.52. The van der Waals surface area contributed by atoms with E-state index in [-0.39, 0.29) is 29.3 Å². The molecule has 7 heteroatoms. The number of hydrogen-bond acceptors (Lipinski definition) is 7. The van der Waals surface area contributed by atoms with Gasteiger partial charge in [0.2, 0.25) is 0 Å². The van der Waals surface area contributed by atoms with Gasteiger partial charge < -0.3 is 23.7 Å². The Bertz CT molecular complexity index is 1230. The van der Waals surface area contributed by atoms with Gasteiger partial charge in [-0.05, 0) is 101 Å². The van der Waals surface area contributed by atoms with Crippen LogP contribution >= 0.6 is 0 Å². The molecule has 1 saturated heterocycles. The average molecular weight is 651 g/mol. The summed E-state index contributed by atoms with van der Waals surface area (Å²) < 4.78 is 30.7. The van der Waals surface area contributed by atoms with Crippen molar-refractivity contribution < 1.29 is 33.3 Å². The van der Waals surface area contributed by atoms with Crippen LogP contribution in [0, 0.1) is 23.2 Å². The molecule has 1 saturated carbocycles. The molecule has 47 heavy (non-hydrogen) atoms. The van der Waals surface area contributed by atoms with Gasteiger partial charge in [-0.25, -0.2) is 0 Å². The first kappa shape index (κ1) is 37.2. The molecule has 1 heterocycles. The molecule has 1 spiro atoms. The summed E-state index contributed by atoms with van der Waals surface area (Å²) in [5.41, 5.74) is 1.71. The topological polar surface area (TPSA) is 80.3 Å². The lowest BCUT2D eigenvalue weighted by Gasteiger charge is -2.49. The number of carbonyl (C=O) groups is 2. The fourth-order valence-corrected chi connectivity index (χ4v) is 7.58. The molecule has 2 fully saturated rings. The molecule has 2 aliphatic carbocycles. The monoisotopic (exact) mass is 650 g/mol. The van der Waals surface area contributed by atoms with Crippen molar-refractivity contribution in [2.24, 2.45) is 23.2 Å². The van der Waals surface area contributed by atoms with E-state index in [1.54, 1.807) is 14.2 Å². The molecule has 7 nitrogen and oxygen atoms in total. The van der Waals surface area contributed by atoms with Crippen LogP contribution in [0.2, 0.25) is 0 Å². The van der Waals surface area contributed by atoms with Crippen LogP contribution in [-0.2, 0) is 35.1 Å². The van der Waals surface area contributed by atoms with Gasteiger partial charge in [-0.3, -0.25) is 9.59 Å². The first-order valence-electron chi connectivity index (χ1n) is 17.7. The second kappa shape index (κ2) is 17.7. The third kappa shape index (κ3) is 9.75. The minimum Gasteiger partial charge on any atom is -0.497 e. The van der Waals surface area contributed by atoms with E-state index in [9.17, 15) is 9.59 Å². The molecular formula is C40H58O7. The first-order valence-corrected chi connectivity index (χ1v) is 17.7. The molecule has 260 valence electrons.